The Labute approximate surface area is 90.3 Å². The highest BCUT2D eigenvalue weighted by molar-refractivity contribution is 5.84. The van der Waals surface area contributed by atoms with E-state index in [1.165, 1.54) is 22.2 Å². The van der Waals surface area contributed by atoms with Crippen molar-refractivity contribution in [3.8, 4) is 0 Å². The lowest BCUT2D eigenvalue weighted by Gasteiger charge is -2.06. The van der Waals surface area contributed by atoms with Crippen molar-refractivity contribution in [1.29, 1.82) is 0 Å². The maximum Gasteiger partial charge on any atom is 0.0736 e. The topological polar surface area (TPSA) is 25.0 Å². The third kappa shape index (κ3) is 1.77. The van der Waals surface area contributed by atoms with E-state index >= 15 is 0 Å². The Morgan fingerprint density at radius 1 is 1.27 bits per heavy atom. The van der Waals surface area contributed by atoms with Crippen molar-refractivity contribution in [3.05, 3.63) is 35.5 Å². The van der Waals surface area contributed by atoms with Gasteiger partial charge in [-0.3, -0.25) is 0 Å². The summed E-state index contributed by atoms with van der Waals surface area (Å²) in [5, 5.41) is 1.28. The molecule has 2 nitrogen and oxygen atoms in total. The molecule has 2 aromatic rings. The third-order valence-electron chi connectivity index (χ3n) is 2.71. The molecule has 0 atom stereocenters. The number of rotatable bonds is 3. The number of aromatic amines is 1. The minimum Gasteiger partial charge on any atom is -0.380 e. The van der Waals surface area contributed by atoms with Gasteiger partial charge in [0.05, 0.1) is 6.61 Å². The zero-order valence-corrected chi connectivity index (χ0v) is 9.50. The molecule has 0 aliphatic rings. The number of methoxy groups -OCH3 is 1. The second kappa shape index (κ2) is 4.07. The Morgan fingerprint density at radius 3 is 2.67 bits per heavy atom. The molecule has 0 aliphatic heterocycles. The molecular formula is C13H17NO. The van der Waals surface area contributed by atoms with Crippen molar-refractivity contribution in [2.75, 3.05) is 7.11 Å². The molecule has 0 radical (unpaired) electrons. The predicted molar refractivity (Wildman–Crippen MR) is 63.1 cm³/mol. The molecule has 1 aromatic heterocycles. The van der Waals surface area contributed by atoms with Gasteiger partial charge in [-0.2, -0.15) is 0 Å². The van der Waals surface area contributed by atoms with Gasteiger partial charge in [-0.1, -0.05) is 32.0 Å². The summed E-state index contributed by atoms with van der Waals surface area (Å²) >= 11 is 0. The highest BCUT2D eigenvalue weighted by Gasteiger charge is 2.12. The van der Waals surface area contributed by atoms with Gasteiger partial charge in [0.1, 0.15) is 0 Å². The average Bonchev–Trinajstić information content (AvgIpc) is 2.58. The Balaban J connectivity index is 2.63. The number of hydrogen-bond donors (Lipinski definition) is 1. The Hall–Kier alpha value is -1.28. The molecule has 1 N–H and O–H groups in total. The van der Waals surface area contributed by atoms with E-state index in [1.54, 1.807) is 7.11 Å². The summed E-state index contributed by atoms with van der Waals surface area (Å²) in [5.41, 5.74) is 3.79. The van der Waals surface area contributed by atoms with Gasteiger partial charge in [0, 0.05) is 29.3 Å². The van der Waals surface area contributed by atoms with Gasteiger partial charge in [0.25, 0.3) is 0 Å². The van der Waals surface area contributed by atoms with E-state index in [9.17, 15) is 0 Å². The lowest BCUT2D eigenvalue weighted by Crippen LogP contribution is -1.95. The highest BCUT2D eigenvalue weighted by Crippen LogP contribution is 2.27. The summed E-state index contributed by atoms with van der Waals surface area (Å²) < 4.78 is 5.27. The van der Waals surface area contributed by atoms with Gasteiger partial charge in [0.15, 0.2) is 0 Å². The van der Waals surface area contributed by atoms with Crippen LogP contribution < -0.4 is 0 Å². The van der Waals surface area contributed by atoms with Gasteiger partial charge in [0.2, 0.25) is 0 Å². The van der Waals surface area contributed by atoms with E-state index in [-0.39, 0.29) is 0 Å². The van der Waals surface area contributed by atoms with E-state index in [4.69, 9.17) is 4.74 Å². The highest BCUT2D eigenvalue weighted by atomic mass is 16.5. The number of aromatic nitrogens is 1. The van der Waals surface area contributed by atoms with Crippen molar-refractivity contribution in [2.45, 2.75) is 26.4 Å². The van der Waals surface area contributed by atoms with Crippen LogP contribution in [-0.4, -0.2) is 12.1 Å². The van der Waals surface area contributed by atoms with E-state index in [0.29, 0.717) is 12.5 Å². The first-order valence-electron chi connectivity index (χ1n) is 5.32. The normalized spacial score (nSPS) is 11.5. The van der Waals surface area contributed by atoms with Crippen LogP contribution in [0.2, 0.25) is 0 Å². The van der Waals surface area contributed by atoms with Gasteiger partial charge in [-0.25, -0.2) is 0 Å². The van der Waals surface area contributed by atoms with Gasteiger partial charge < -0.3 is 9.72 Å². The molecule has 15 heavy (non-hydrogen) atoms. The minimum atomic E-state index is 0.502. The van der Waals surface area contributed by atoms with Crippen LogP contribution in [0.1, 0.15) is 31.0 Å². The van der Waals surface area contributed by atoms with Crippen LogP contribution in [0.5, 0.6) is 0 Å². The van der Waals surface area contributed by atoms with Gasteiger partial charge >= 0.3 is 0 Å². The number of para-hydroxylation sites is 1. The lowest BCUT2D eigenvalue weighted by molar-refractivity contribution is 0.185. The van der Waals surface area contributed by atoms with E-state index < -0.39 is 0 Å². The summed E-state index contributed by atoms with van der Waals surface area (Å²) in [6.07, 6.45) is 0. The van der Waals surface area contributed by atoms with Crippen molar-refractivity contribution >= 4 is 10.9 Å². The summed E-state index contributed by atoms with van der Waals surface area (Å²) in [7, 11) is 1.74. The second-order valence-corrected chi connectivity index (χ2v) is 4.15. The molecule has 0 saturated carbocycles. The monoisotopic (exact) mass is 203 g/mol. The first kappa shape index (κ1) is 10.2. The number of H-pyrrole nitrogens is 1. The van der Waals surface area contributed by atoms with Crippen LogP contribution in [0.3, 0.4) is 0 Å². The molecule has 2 rings (SSSR count). The van der Waals surface area contributed by atoms with Gasteiger partial charge in [-0.05, 0) is 12.0 Å². The first-order valence-corrected chi connectivity index (χ1v) is 5.32. The number of hydrogen-bond acceptors (Lipinski definition) is 1. The molecule has 80 valence electrons. The molecular weight excluding hydrogens is 186 g/mol. The maximum absolute atomic E-state index is 5.27. The molecule has 2 heteroatoms. The summed E-state index contributed by atoms with van der Waals surface area (Å²) in [6, 6.07) is 8.38. The number of benzene rings is 1. The average molecular weight is 203 g/mol. The third-order valence-corrected chi connectivity index (χ3v) is 2.71. The van der Waals surface area contributed by atoms with Crippen LogP contribution in [0.4, 0.5) is 0 Å². The molecule has 1 heterocycles. The molecule has 1 aromatic carbocycles. The van der Waals surface area contributed by atoms with Crippen molar-refractivity contribution in [3.63, 3.8) is 0 Å². The predicted octanol–water partition coefficient (Wildman–Crippen LogP) is 3.44. The first-order chi connectivity index (χ1) is 7.24. The second-order valence-electron chi connectivity index (χ2n) is 4.15. The largest absolute Gasteiger partial charge is 0.380 e. The Bertz CT molecular complexity index is 457. The maximum atomic E-state index is 5.27. The van der Waals surface area contributed by atoms with Crippen LogP contribution in [-0.2, 0) is 11.3 Å². The quantitative estimate of drug-likeness (QED) is 0.812. The smallest absolute Gasteiger partial charge is 0.0736 e. The fraction of sp³-hybridized carbons (Fsp3) is 0.385. The van der Waals surface area contributed by atoms with Gasteiger partial charge in [-0.15, -0.1) is 0 Å². The van der Waals surface area contributed by atoms with Crippen LogP contribution in [0.25, 0.3) is 10.9 Å². The number of ether oxygens (including phenoxy) is 1. The van der Waals surface area contributed by atoms with E-state index in [2.05, 4.69) is 43.1 Å². The Kier molecular flexibility index (Phi) is 2.78. The molecule has 0 unspecified atom stereocenters. The Morgan fingerprint density at radius 2 is 2.00 bits per heavy atom. The zero-order chi connectivity index (χ0) is 10.8. The molecule has 0 bridgehead atoms. The van der Waals surface area contributed by atoms with Crippen LogP contribution >= 0.6 is 0 Å². The standard InChI is InChI=1S/C13H17NO/c1-9(2)13-11(8-15-3)10-6-4-5-7-12(10)14-13/h4-7,9,14H,8H2,1-3H3. The van der Waals surface area contributed by atoms with Crippen molar-refractivity contribution in [2.24, 2.45) is 0 Å². The summed E-state index contributed by atoms with van der Waals surface area (Å²) in [4.78, 5) is 3.47. The fourth-order valence-corrected chi connectivity index (χ4v) is 2.01. The zero-order valence-electron chi connectivity index (χ0n) is 9.50. The molecule has 0 fully saturated rings. The van der Waals surface area contributed by atoms with E-state index in [1.807, 2.05) is 0 Å². The fourth-order valence-electron chi connectivity index (χ4n) is 2.01. The lowest BCUT2D eigenvalue weighted by atomic mass is 10.0. The minimum absolute atomic E-state index is 0.502. The van der Waals surface area contributed by atoms with E-state index in [0.717, 1.165) is 0 Å². The van der Waals surface area contributed by atoms with Crippen molar-refractivity contribution < 1.29 is 4.74 Å². The molecule has 0 amide bonds. The van der Waals surface area contributed by atoms with Crippen molar-refractivity contribution in [1.82, 2.24) is 4.98 Å². The molecule has 0 saturated heterocycles. The van der Waals surface area contributed by atoms with Crippen LogP contribution in [0, 0.1) is 0 Å². The molecule has 0 aliphatic carbocycles. The number of fused-ring (bicyclic) bond motifs is 1. The number of nitrogens with one attached hydrogen (secondary N) is 1. The summed E-state index contributed by atoms with van der Waals surface area (Å²) in [5.74, 6) is 0.502. The summed E-state index contributed by atoms with van der Waals surface area (Å²) in [6.45, 7) is 5.07. The SMILES string of the molecule is COCc1c(C(C)C)[nH]c2ccccc12. The van der Waals surface area contributed by atoms with Crippen LogP contribution in [0.15, 0.2) is 24.3 Å². The molecule has 0 spiro atoms.